The van der Waals surface area contributed by atoms with E-state index in [-0.39, 0.29) is 36.8 Å². The summed E-state index contributed by atoms with van der Waals surface area (Å²) in [5, 5.41) is 4.20. The van der Waals surface area contributed by atoms with Crippen LogP contribution < -0.4 is 5.32 Å². The third kappa shape index (κ3) is 3.98. The van der Waals surface area contributed by atoms with Gasteiger partial charge in [-0.1, -0.05) is 30.3 Å². The third-order valence-corrected chi connectivity index (χ3v) is 4.53. The van der Waals surface area contributed by atoms with E-state index in [1.807, 2.05) is 35.2 Å². The van der Waals surface area contributed by atoms with E-state index >= 15 is 0 Å². The first-order valence-electron chi connectivity index (χ1n) is 6.78. The Morgan fingerprint density at radius 3 is 2.73 bits per heavy atom. The van der Waals surface area contributed by atoms with E-state index in [9.17, 15) is 4.79 Å². The van der Waals surface area contributed by atoms with Crippen LogP contribution in [0.5, 0.6) is 0 Å². The fourth-order valence-electron chi connectivity index (χ4n) is 2.37. The summed E-state index contributed by atoms with van der Waals surface area (Å²) in [6.45, 7) is 4.55. The first kappa shape index (κ1) is 18.9. The maximum absolute atomic E-state index is 12.5. The Bertz CT molecular complexity index is 606. The molecule has 2 aromatic rings. The molecule has 22 heavy (non-hydrogen) atoms. The fourth-order valence-corrected chi connectivity index (χ4v) is 3.25. The Labute approximate surface area is 146 Å². The summed E-state index contributed by atoms with van der Waals surface area (Å²) >= 11 is 1.47. The number of piperazine rings is 1. The first-order chi connectivity index (χ1) is 9.75. The zero-order valence-corrected chi connectivity index (χ0v) is 14.6. The molecular weight excluding hydrogens is 341 g/mol. The predicted octanol–water partition coefficient (Wildman–Crippen LogP) is 3.09. The van der Waals surface area contributed by atoms with Crippen molar-refractivity contribution >= 4 is 42.1 Å². The average Bonchev–Trinajstić information content (AvgIpc) is 2.98. The van der Waals surface area contributed by atoms with E-state index in [1.54, 1.807) is 6.20 Å². The minimum absolute atomic E-state index is 0. The maximum atomic E-state index is 12.5. The third-order valence-electron chi connectivity index (χ3n) is 3.50. The lowest BCUT2D eigenvalue weighted by atomic mass is 10.2. The minimum Gasteiger partial charge on any atom is -0.333 e. The summed E-state index contributed by atoms with van der Waals surface area (Å²) in [6, 6.07) is 10.2. The number of thiazole rings is 1. The Balaban J connectivity index is 0.00000121. The van der Waals surface area contributed by atoms with E-state index in [0.29, 0.717) is 0 Å². The fraction of sp³-hybridized carbons (Fsp3) is 0.333. The monoisotopic (exact) mass is 359 g/mol. The maximum Gasteiger partial charge on any atom is 0.265 e. The number of hydrogen-bond donors (Lipinski definition) is 1. The van der Waals surface area contributed by atoms with E-state index in [4.69, 9.17) is 0 Å². The zero-order valence-electron chi connectivity index (χ0n) is 12.2. The second kappa shape index (κ2) is 8.48. The van der Waals surface area contributed by atoms with Crippen LogP contribution in [0.1, 0.15) is 16.6 Å². The molecule has 1 aliphatic heterocycles. The van der Waals surface area contributed by atoms with Crippen LogP contribution in [0.4, 0.5) is 0 Å². The van der Waals surface area contributed by atoms with Gasteiger partial charge < -0.3 is 10.2 Å². The Morgan fingerprint density at radius 1 is 1.32 bits per heavy atom. The van der Waals surface area contributed by atoms with Gasteiger partial charge in [0.1, 0.15) is 9.88 Å². The molecule has 1 aromatic heterocycles. The van der Waals surface area contributed by atoms with Crippen molar-refractivity contribution in [2.24, 2.45) is 0 Å². The van der Waals surface area contributed by atoms with E-state index in [1.165, 1.54) is 11.3 Å². The summed E-state index contributed by atoms with van der Waals surface area (Å²) in [7, 11) is 0. The molecule has 7 heteroatoms. The number of carbonyl (C=O) groups is 1. The normalized spacial score (nSPS) is 17.3. The van der Waals surface area contributed by atoms with Crippen molar-refractivity contribution in [2.75, 3.05) is 19.6 Å². The van der Waals surface area contributed by atoms with Gasteiger partial charge in [-0.2, -0.15) is 0 Å². The van der Waals surface area contributed by atoms with Crippen LogP contribution in [0.25, 0.3) is 10.6 Å². The molecule has 0 bridgehead atoms. The second-order valence-electron chi connectivity index (χ2n) is 4.95. The van der Waals surface area contributed by atoms with E-state index in [2.05, 4.69) is 17.2 Å². The van der Waals surface area contributed by atoms with Crippen molar-refractivity contribution in [3.05, 3.63) is 41.4 Å². The molecule has 0 spiro atoms. The van der Waals surface area contributed by atoms with Crippen LogP contribution in [-0.2, 0) is 0 Å². The molecule has 120 valence electrons. The van der Waals surface area contributed by atoms with Crippen LogP contribution >= 0.6 is 36.2 Å². The van der Waals surface area contributed by atoms with Gasteiger partial charge in [0.15, 0.2) is 0 Å². The Kier molecular flexibility index (Phi) is 7.29. The van der Waals surface area contributed by atoms with Gasteiger partial charge in [0.25, 0.3) is 5.91 Å². The highest BCUT2D eigenvalue weighted by Crippen LogP contribution is 2.26. The van der Waals surface area contributed by atoms with Crippen molar-refractivity contribution in [3.63, 3.8) is 0 Å². The van der Waals surface area contributed by atoms with Gasteiger partial charge in [0.2, 0.25) is 0 Å². The zero-order chi connectivity index (χ0) is 13.9. The van der Waals surface area contributed by atoms with E-state index in [0.717, 1.165) is 35.1 Å². The molecule has 3 rings (SSSR count). The quantitative estimate of drug-likeness (QED) is 0.895. The molecule has 0 unspecified atom stereocenters. The molecule has 0 aliphatic carbocycles. The highest BCUT2D eigenvalue weighted by molar-refractivity contribution is 7.16. The standard InChI is InChI=1S/C15H17N3OS.2ClH/c1-11-9-16-7-8-18(11)15(19)13-10-17-14(20-13)12-5-3-2-4-6-12;;/h2-6,10-11,16H,7-9H2,1H3;2*1H/t11-;;/m1../s1. The number of nitrogens with zero attached hydrogens (tertiary/aromatic N) is 2. The summed E-state index contributed by atoms with van der Waals surface area (Å²) in [4.78, 5) is 19.6. The van der Waals surface area contributed by atoms with Crippen molar-refractivity contribution in [1.29, 1.82) is 0 Å². The van der Waals surface area contributed by atoms with Crippen LogP contribution in [0.3, 0.4) is 0 Å². The number of nitrogens with one attached hydrogen (secondary N) is 1. The SMILES string of the molecule is C[C@@H]1CNCCN1C(=O)c1cnc(-c2ccccc2)s1.Cl.Cl. The lowest BCUT2D eigenvalue weighted by molar-refractivity contribution is 0.0660. The van der Waals surface area contributed by atoms with E-state index < -0.39 is 0 Å². The molecule has 1 atom stereocenters. The van der Waals surface area contributed by atoms with Crippen molar-refractivity contribution in [3.8, 4) is 10.6 Å². The van der Waals surface area contributed by atoms with Gasteiger partial charge in [-0.15, -0.1) is 36.2 Å². The van der Waals surface area contributed by atoms with Crippen LogP contribution in [0.2, 0.25) is 0 Å². The second-order valence-corrected chi connectivity index (χ2v) is 5.98. The number of benzene rings is 1. The largest absolute Gasteiger partial charge is 0.333 e. The molecule has 1 fully saturated rings. The topological polar surface area (TPSA) is 45.2 Å². The molecule has 2 heterocycles. The van der Waals surface area contributed by atoms with Crippen molar-refractivity contribution in [1.82, 2.24) is 15.2 Å². The summed E-state index contributed by atoms with van der Waals surface area (Å²) < 4.78 is 0. The summed E-state index contributed by atoms with van der Waals surface area (Å²) in [5.74, 6) is 0.0960. The predicted molar refractivity (Wildman–Crippen MR) is 95.4 cm³/mol. The Morgan fingerprint density at radius 2 is 2.05 bits per heavy atom. The lowest BCUT2D eigenvalue weighted by Crippen LogP contribution is -2.52. The van der Waals surface area contributed by atoms with Gasteiger partial charge in [-0.05, 0) is 6.92 Å². The molecule has 1 saturated heterocycles. The smallest absolute Gasteiger partial charge is 0.265 e. The number of hydrogen-bond acceptors (Lipinski definition) is 4. The summed E-state index contributed by atoms with van der Waals surface area (Å²) in [5.41, 5.74) is 1.06. The molecule has 0 radical (unpaired) electrons. The van der Waals surface area contributed by atoms with Crippen LogP contribution in [0, 0.1) is 0 Å². The number of halogens is 2. The molecule has 4 nitrogen and oxygen atoms in total. The lowest BCUT2D eigenvalue weighted by Gasteiger charge is -2.33. The van der Waals surface area contributed by atoms with Gasteiger partial charge in [0.05, 0.1) is 6.20 Å². The van der Waals surface area contributed by atoms with Gasteiger partial charge >= 0.3 is 0 Å². The molecule has 0 saturated carbocycles. The average molecular weight is 360 g/mol. The van der Waals surface area contributed by atoms with Crippen molar-refractivity contribution < 1.29 is 4.79 Å². The van der Waals surface area contributed by atoms with Gasteiger partial charge in [0, 0.05) is 31.2 Å². The highest BCUT2D eigenvalue weighted by atomic mass is 35.5. The Hall–Kier alpha value is -1.14. The number of amides is 1. The number of carbonyl (C=O) groups excluding carboxylic acids is 1. The molecule has 1 amide bonds. The van der Waals surface area contributed by atoms with Crippen LogP contribution in [0.15, 0.2) is 36.5 Å². The molecule has 1 aromatic carbocycles. The molecular formula is C15H19Cl2N3OS. The molecule has 1 N–H and O–H groups in total. The first-order valence-corrected chi connectivity index (χ1v) is 7.60. The number of rotatable bonds is 2. The van der Waals surface area contributed by atoms with Gasteiger partial charge in [-0.3, -0.25) is 4.79 Å². The number of aromatic nitrogens is 1. The van der Waals surface area contributed by atoms with Crippen LogP contribution in [-0.4, -0.2) is 41.5 Å². The van der Waals surface area contributed by atoms with Gasteiger partial charge in [-0.25, -0.2) is 4.98 Å². The van der Waals surface area contributed by atoms with Crippen molar-refractivity contribution in [2.45, 2.75) is 13.0 Å². The minimum atomic E-state index is 0. The summed E-state index contributed by atoms with van der Waals surface area (Å²) in [6.07, 6.45) is 1.70. The highest BCUT2D eigenvalue weighted by Gasteiger charge is 2.25. The molecule has 1 aliphatic rings.